The molecule has 2 rings (SSSR count). The van der Waals surface area contributed by atoms with E-state index in [0.29, 0.717) is 12.5 Å². The topological polar surface area (TPSA) is 20.3 Å². The highest BCUT2D eigenvalue weighted by atomic mass is 16.2. The van der Waals surface area contributed by atoms with Crippen molar-refractivity contribution in [1.29, 1.82) is 0 Å². The molecule has 0 aliphatic carbocycles. The standard InChI is InChI=1S/C15H17NO/c1-3-7-14-12(2)10-16(15(14)17)11-13-8-5-4-6-9-13/h3-9,12H,1,10-11H2,2H3/b14-7-. The minimum Gasteiger partial charge on any atom is -0.334 e. The zero-order valence-electron chi connectivity index (χ0n) is 10.1. The van der Waals surface area contributed by atoms with Crippen molar-refractivity contribution in [2.45, 2.75) is 13.5 Å². The Hall–Kier alpha value is -1.83. The highest BCUT2D eigenvalue weighted by molar-refractivity contribution is 5.96. The fourth-order valence-electron chi connectivity index (χ4n) is 2.21. The highest BCUT2D eigenvalue weighted by Crippen LogP contribution is 2.25. The van der Waals surface area contributed by atoms with Gasteiger partial charge in [-0.25, -0.2) is 0 Å². The highest BCUT2D eigenvalue weighted by Gasteiger charge is 2.31. The fraction of sp³-hybridized carbons (Fsp3) is 0.267. The molecular weight excluding hydrogens is 210 g/mol. The van der Waals surface area contributed by atoms with Gasteiger partial charge in [0.1, 0.15) is 0 Å². The molecule has 0 aromatic heterocycles. The Bertz CT molecular complexity index is 447. The Morgan fingerprint density at radius 3 is 2.76 bits per heavy atom. The number of hydrogen-bond donors (Lipinski definition) is 0. The average molecular weight is 227 g/mol. The van der Waals surface area contributed by atoms with Crippen molar-refractivity contribution in [1.82, 2.24) is 4.90 Å². The summed E-state index contributed by atoms with van der Waals surface area (Å²) in [6, 6.07) is 10.1. The molecule has 2 nitrogen and oxygen atoms in total. The Labute approximate surface area is 102 Å². The zero-order valence-corrected chi connectivity index (χ0v) is 10.1. The first-order valence-electron chi connectivity index (χ1n) is 5.88. The Balaban J connectivity index is 2.12. The van der Waals surface area contributed by atoms with E-state index in [0.717, 1.165) is 12.1 Å². The molecule has 1 aromatic carbocycles. The lowest BCUT2D eigenvalue weighted by Gasteiger charge is -2.15. The molecule has 2 heteroatoms. The predicted molar refractivity (Wildman–Crippen MR) is 69.3 cm³/mol. The van der Waals surface area contributed by atoms with Gasteiger partial charge >= 0.3 is 0 Å². The predicted octanol–water partition coefficient (Wildman–Crippen LogP) is 2.78. The molecule has 17 heavy (non-hydrogen) atoms. The van der Waals surface area contributed by atoms with Gasteiger partial charge < -0.3 is 4.90 Å². The Morgan fingerprint density at radius 1 is 1.41 bits per heavy atom. The molecule has 1 fully saturated rings. The van der Waals surface area contributed by atoms with Crippen LogP contribution in [0.3, 0.4) is 0 Å². The summed E-state index contributed by atoms with van der Waals surface area (Å²) >= 11 is 0. The number of carbonyl (C=O) groups is 1. The van der Waals surface area contributed by atoms with Crippen LogP contribution >= 0.6 is 0 Å². The third-order valence-corrected chi connectivity index (χ3v) is 3.07. The van der Waals surface area contributed by atoms with E-state index in [4.69, 9.17) is 0 Å². The maximum atomic E-state index is 12.1. The van der Waals surface area contributed by atoms with E-state index < -0.39 is 0 Å². The SMILES string of the molecule is C=C/C=C1\C(=O)N(Cc2ccccc2)CC1C. The number of hydrogen-bond acceptors (Lipinski definition) is 1. The number of rotatable bonds is 3. The lowest BCUT2D eigenvalue weighted by Crippen LogP contribution is -2.24. The van der Waals surface area contributed by atoms with Crippen LogP contribution in [0.25, 0.3) is 0 Å². The zero-order chi connectivity index (χ0) is 12.3. The lowest BCUT2D eigenvalue weighted by atomic mass is 10.1. The third kappa shape index (κ3) is 2.47. The molecule has 1 unspecified atom stereocenters. The van der Waals surface area contributed by atoms with Gasteiger partial charge in [0.15, 0.2) is 0 Å². The van der Waals surface area contributed by atoms with E-state index in [2.05, 4.69) is 13.5 Å². The summed E-state index contributed by atoms with van der Waals surface area (Å²) in [4.78, 5) is 14.0. The Morgan fingerprint density at radius 2 is 2.12 bits per heavy atom. The van der Waals surface area contributed by atoms with Gasteiger partial charge in [0, 0.05) is 24.6 Å². The smallest absolute Gasteiger partial charge is 0.250 e. The number of allylic oxidation sites excluding steroid dienone is 2. The van der Waals surface area contributed by atoms with Crippen molar-refractivity contribution >= 4 is 5.91 Å². The van der Waals surface area contributed by atoms with E-state index in [9.17, 15) is 4.79 Å². The largest absolute Gasteiger partial charge is 0.334 e. The summed E-state index contributed by atoms with van der Waals surface area (Å²) < 4.78 is 0. The molecule has 1 aliphatic rings. The monoisotopic (exact) mass is 227 g/mol. The van der Waals surface area contributed by atoms with Crippen LogP contribution in [0.4, 0.5) is 0 Å². The molecule has 1 heterocycles. The molecule has 0 bridgehead atoms. The molecule has 1 aromatic rings. The summed E-state index contributed by atoms with van der Waals surface area (Å²) in [7, 11) is 0. The van der Waals surface area contributed by atoms with Crippen LogP contribution in [0.15, 0.2) is 54.6 Å². The molecule has 88 valence electrons. The second-order valence-corrected chi connectivity index (χ2v) is 4.43. The van der Waals surface area contributed by atoms with Gasteiger partial charge in [-0.1, -0.05) is 56.0 Å². The number of benzene rings is 1. The minimum absolute atomic E-state index is 0.140. The third-order valence-electron chi connectivity index (χ3n) is 3.07. The van der Waals surface area contributed by atoms with Crippen LogP contribution in [0.2, 0.25) is 0 Å². The number of carbonyl (C=O) groups excluding carboxylic acids is 1. The van der Waals surface area contributed by atoms with Crippen molar-refractivity contribution in [3.63, 3.8) is 0 Å². The molecule has 0 saturated carbocycles. The molecule has 0 radical (unpaired) electrons. The number of likely N-dealkylation sites (tertiary alicyclic amines) is 1. The van der Waals surface area contributed by atoms with Gasteiger partial charge in [-0.15, -0.1) is 0 Å². The lowest BCUT2D eigenvalue weighted by molar-refractivity contribution is -0.125. The summed E-state index contributed by atoms with van der Waals surface area (Å²) in [5.41, 5.74) is 2.05. The van der Waals surface area contributed by atoms with Crippen molar-refractivity contribution < 1.29 is 4.79 Å². The summed E-state index contributed by atoms with van der Waals surface area (Å²) in [5, 5.41) is 0. The number of amides is 1. The van der Waals surface area contributed by atoms with Crippen molar-refractivity contribution in [2.24, 2.45) is 5.92 Å². The van der Waals surface area contributed by atoms with E-state index >= 15 is 0 Å². The number of nitrogens with zero attached hydrogens (tertiary/aromatic N) is 1. The van der Waals surface area contributed by atoms with Gasteiger partial charge in [-0.3, -0.25) is 4.79 Å². The van der Waals surface area contributed by atoms with Crippen molar-refractivity contribution in [3.8, 4) is 0 Å². The molecular formula is C15H17NO. The van der Waals surface area contributed by atoms with Gasteiger partial charge in [-0.2, -0.15) is 0 Å². The van der Waals surface area contributed by atoms with Gasteiger partial charge in [0.2, 0.25) is 5.91 Å². The molecule has 0 N–H and O–H groups in total. The first kappa shape index (κ1) is 11.6. The van der Waals surface area contributed by atoms with Gasteiger partial charge in [-0.05, 0) is 5.56 Å². The molecule has 1 aliphatic heterocycles. The minimum atomic E-state index is 0.140. The van der Waals surface area contributed by atoms with Gasteiger partial charge in [0.25, 0.3) is 0 Å². The maximum absolute atomic E-state index is 12.1. The normalized spacial score (nSPS) is 22.2. The second-order valence-electron chi connectivity index (χ2n) is 4.43. The first-order valence-corrected chi connectivity index (χ1v) is 5.88. The van der Waals surface area contributed by atoms with E-state index in [1.807, 2.05) is 41.3 Å². The van der Waals surface area contributed by atoms with E-state index in [-0.39, 0.29) is 5.91 Å². The molecule has 0 spiro atoms. The maximum Gasteiger partial charge on any atom is 0.250 e. The van der Waals surface area contributed by atoms with Crippen molar-refractivity contribution in [3.05, 3.63) is 60.2 Å². The van der Waals surface area contributed by atoms with Crippen LogP contribution < -0.4 is 0 Å². The Kier molecular flexibility index (Phi) is 3.43. The summed E-state index contributed by atoms with van der Waals surface area (Å²) in [6.45, 7) is 7.23. The van der Waals surface area contributed by atoms with Crippen LogP contribution in [0, 0.1) is 5.92 Å². The average Bonchev–Trinajstić information content (AvgIpc) is 2.59. The van der Waals surface area contributed by atoms with Crippen molar-refractivity contribution in [2.75, 3.05) is 6.54 Å². The molecule has 1 amide bonds. The fourth-order valence-corrected chi connectivity index (χ4v) is 2.21. The van der Waals surface area contributed by atoms with Gasteiger partial charge in [0.05, 0.1) is 0 Å². The van der Waals surface area contributed by atoms with Crippen LogP contribution in [-0.4, -0.2) is 17.4 Å². The summed E-state index contributed by atoms with van der Waals surface area (Å²) in [5.74, 6) is 0.436. The van der Waals surface area contributed by atoms with E-state index in [1.165, 1.54) is 5.56 Å². The van der Waals surface area contributed by atoms with Crippen LogP contribution in [0.5, 0.6) is 0 Å². The molecule has 1 saturated heterocycles. The molecule has 1 atom stereocenters. The first-order chi connectivity index (χ1) is 8.22. The van der Waals surface area contributed by atoms with Crippen LogP contribution in [0.1, 0.15) is 12.5 Å². The van der Waals surface area contributed by atoms with Crippen LogP contribution in [-0.2, 0) is 11.3 Å². The summed E-state index contributed by atoms with van der Waals surface area (Å²) in [6.07, 6.45) is 3.52. The quantitative estimate of drug-likeness (QED) is 0.727. The second kappa shape index (κ2) is 5.00. The van der Waals surface area contributed by atoms with E-state index in [1.54, 1.807) is 6.08 Å².